The van der Waals surface area contributed by atoms with Gasteiger partial charge in [-0.1, -0.05) is 0 Å². The highest BCUT2D eigenvalue weighted by atomic mass is 16.8. The summed E-state index contributed by atoms with van der Waals surface area (Å²) in [5, 5.41) is 0. The van der Waals surface area contributed by atoms with E-state index in [2.05, 4.69) is 9.47 Å². The van der Waals surface area contributed by atoms with E-state index in [-0.39, 0.29) is 12.9 Å². The maximum atomic E-state index is 10.8. The van der Waals surface area contributed by atoms with Gasteiger partial charge in [-0.25, -0.2) is 4.79 Å². The minimum atomic E-state index is -0.622. The van der Waals surface area contributed by atoms with Crippen LogP contribution in [0.2, 0.25) is 0 Å². The van der Waals surface area contributed by atoms with Crippen molar-refractivity contribution in [2.75, 3.05) is 13.9 Å². The largest absolute Gasteiger partial charge is 0.510 e. The van der Waals surface area contributed by atoms with Gasteiger partial charge in [-0.15, -0.1) is 0 Å². The summed E-state index contributed by atoms with van der Waals surface area (Å²) in [7, 11) is 1.46. The Morgan fingerprint density at radius 3 is 2.67 bits per heavy atom. The number of hydrogen-bond donors (Lipinski definition) is 0. The molecule has 0 spiro atoms. The van der Waals surface area contributed by atoms with Gasteiger partial charge in [-0.3, -0.25) is 0 Å². The first-order valence-electron chi connectivity index (χ1n) is 4.15. The molecule has 0 amide bonds. The van der Waals surface area contributed by atoms with Crippen LogP contribution in [0.25, 0.3) is 0 Å². The minimum absolute atomic E-state index is 0.0362. The minimum Gasteiger partial charge on any atom is -0.431 e. The van der Waals surface area contributed by atoms with Crippen molar-refractivity contribution in [2.24, 2.45) is 0 Å². The Morgan fingerprint density at radius 1 is 1.42 bits per heavy atom. The molecule has 0 unspecified atom stereocenters. The number of hydrogen-bond acceptors (Lipinski definition) is 4. The monoisotopic (exact) mass is 174 g/mol. The lowest BCUT2D eigenvalue weighted by atomic mass is 10.3. The van der Waals surface area contributed by atoms with E-state index in [4.69, 9.17) is 4.74 Å². The molecule has 0 aromatic rings. The normalized spacial score (nSPS) is 17.8. The molecule has 0 heterocycles. The topological polar surface area (TPSA) is 44.8 Å². The predicted molar refractivity (Wildman–Crippen MR) is 41.7 cm³/mol. The second-order valence-corrected chi connectivity index (χ2v) is 2.83. The summed E-state index contributed by atoms with van der Waals surface area (Å²) < 4.78 is 14.1. The molecule has 70 valence electrons. The SMILES string of the molecule is COCOC(=O)OC1CCCC1. The predicted octanol–water partition coefficient (Wildman–Crippen LogP) is 1.69. The lowest BCUT2D eigenvalue weighted by Crippen LogP contribution is -2.16. The third-order valence-electron chi connectivity index (χ3n) is 1.86. The first-order chi connectivity index (χ1) is 5.83. The van der Waals surface area contributed by atoms with Crippen LogP contribution >= 0.6 is 0 Å². The Kier molecular flexibility index (Phi) is 3.87. The molecular formula is C8H14O4. The molecule has 1 rings (SSSR count). The number of methoxy groups -OCH3 is 1. The van der Waals surface area contributed by atoms with Gasteiger partial charge < -0.3 is 14.2 Å². The second kappa shape index (κ2) is 4.98. The highest BCUT2D eigenvalue weighted by molar-refractivity contribution is 5.59. The smallest absolute Gasteiger partial charge is 0.431 e. The lowest BCUT2D eigenvalue weighted by Gasteiger charge is -2.10. The van der Waals surface area contributed by atoms with Crippen molar-refractivity contribution in [1.29, 1.82) is 0 Å². The van der Waals surface area contributed by atoms with Crippen LogP contribution in [0.4, 0.5) is 4.79 Å². The molecule has 0 saturated heterocycles. The third-order valence-corrected chi connectivity index (χ3v) is 1.86. The quantitative estimate of drug-likeness (QED) is 0.482. The maximum absolute atomic E-state index is 10.8. The van der Waals surface area contributed by atoms with Crippen molar-refractivity contribution in [2.45, 2.75) is 31.8 Å². The molecule has 0 aliphatic heterocycles. The fraction of sp³-hybridized carbons (Fsp3) is 0.875. The van der Waals surface area contributed by atoms with Crippen LogP contribution in [0.15, 0.2) is 0 Å². The van der Waals surface area contributed by atoms with Gasteiger partial charge in [0.15, 0.2) is 6.79 Å². The van der Waals surface area contributed by atoms with Crippen molar-refractivity contribution in [3.8, 4) is 0 Å². The van der Waals surface area contributed by atoms with Crippen LogP contribution in [0.1, 0.15) is 25.7 Å². The van der Waals surface area contributed by atoms with Crippen LogP contribution in [0, 0.1) is 0 Å². The molecule has 1 aliphatic rings. The number of carbonyl (C=O) groups excluding carboxylic acids is 1. The van der Waals surface area contributed by atoms with Gasteiger partial charge in [0, 0.05) is 7.11 Å². The van der Waals surface area contributed by atoms with Crippen molar-refractivity contribution in [1.82, 2.24) is 0 Å². The van der Waals surface area contributed by atoms with Crippen LogP contribution in [-0.2, 0) is 14.2 Å². The van der Waals surface area contributed by atoms with E-state index < -0.39 is 6.16 Å². The van der Waals surface area contributed by atoms with E-state index >= 15 is 0 Å². The van der Waals surface area contributed by atoms with Gasteiger partial charge in [0.1, 0.15) is 6.10 Å². The Morgan fingerprint density at radius 2 is 2.08 bits per heavy atom. The number of ether oxygens (including phenoxy) is 3. The summed E-state index contributed by atoms with van der Waals surface area (Å²) in [6.45, 7) is -0.0362. The van der Waals surface area contributed by atoms with Crippen molar-refractivity contribution in [3.05, 3.63) is 0 Å². The highest BCUT2D eigenvalue weighted by Crippen LogP contribution is 2.21. The summed E-state index contributed by atoms with van der Waals surface area (Å²) in [5.74, 6) is 0. The summed E-state index contributed by atoms with van der Waals surface area (Å²) in [6.07, 6.45) is 3.65. The molecular weight excluding hydrogens is 160 g/mol. The van der Waals surface area contributed by atoms with Crippen molar-refractivity contribution < 1.29 is 19.0 Å². The molecule has 4 nitrogen and oxygen atoms in total. The molecule has 0 aromatic heterocycles. The zero-order valence-corrected chi connectivity index (χ0v) is 7.25. The van der Waals surface area contributed by atoms with E-state index in [1.54, 1.807) is 0 Å². The molecule has 0 N–H and O–H groups in total. The summed E-state index contributed by atoms with van der Waals surface area (Å²) in [5.41, 5.74) is 0. The van der Waals surface area contributed by atoms with Crippen LogP contribution in [0.3, 0.4) is 0 Å². The van der Waals surface area contributed by atoms with Gasteiger partial charge in [0.2, 0.25) is 0 Å². The Bertz CT molecular complexity index is 140. The Balaban J connectivity index is 2.08. The standard InChI is InChI=1S/C8H14O4/c1-10-6-11-8(9)12-7-4-2-3-5-7/h7H,2-6H2,1H3. The Hall–Kier alpha value is -0.770. The van der Waals surface area contributed by atoms with E-state index in [1.165, 1.54) is 7.11 Å². The first kappa shape index (κ1) is 9.32. The average Bonchev–Trinajstić information content (AvgIpc) is 2.53. The number of carbonyl (C=O) groups is 1. The second-order valence-electron chi connectivity index (χ2n) is 2.83. The van der Waals surface area contributed by atoms with Crippen molar-refractivity contribution >= 4 is 6.16 Å². The molecule has 4 heteroatoms. The number of rotatable bonds is 3. The van der Waals surface area contributed by atoms with E-state index in [9.17, 15) is 4.79 Å². The van der Waals surface area contributed by atoms with Gasteiger partial charge in [-0.05, 0) is 25.7 Å². The summed E-state index contributed by atoms with van der Waals surface area (Å²) in [6, 6.07) is 0. The maximum Gasteiger partial charge on any atom is 0.510 e. The van der Waals surface area contributed by atoms with Crippen molar-refractivity contribution in [3.63, 3.8) is 0 Å². The summed E-state index contributed by atoms with van der Waals surface area (Å²) >= 11 is 0. The zero-order chi connectivity index (χ0) is 8.81. The first-order valence-corrected chi connectivity index (χ1v) is 4.15. The fourth-order valence-corrected chi connectivity index (χ4v) is 1.28. The zero-order valence-electron chi connectivity index (χ0n) is 7.25. The molecule has 0 bridgehead atoms. The lowest BCUT2D eigenvalue weighted by molar-refractivity contribution is -0.0388. The van der Waals surface area contributed by atoms with E-state index in [1.807, 2.05) is 0 Å². The molecule has 0 atom stereocenters. The van der Waals surface area contributed by atoms with Crippen LogP contribution in [0.5, 0.6) is 0 Å². The van der Waals surface area contributed by atoms with Gasteiger partial charge in [0.05, 0.1) is 0 Å². The van der Waals surface area contributed by atoms with Gasteiger partial charge >= 0.3 is 6.16 Å². The fourth-order valence-electron chi connectivity index (χ4n) is 1.28. The molecule has 0 radical (unpaired) electrons. The summed E-state index contributed by atoms with van der Waals surface area (Å²) in [4.78, 5) is 10.8. The highest BCUT2D eigenvalue weighted by Gasteiger charge is 2.19. The van der Waals surface area contributed by atoms with Gasteiger partial charge in [-0.2, -0.15) is 0 Å². The Labute approximate surface area is 71.8 Å². The molecule has 1 fully saturated rings. The van der Waals surface area contributed by atoms with E-state index in [0.717, 1.165) is 25.7 Å². The molecule has 12 heavy (non-hydrogen) atoms. The molecule has 1 aliphatic carbocycles. The van der Waals surface area contributed by atoms with E-state index in [0.29, 0.717) is 0 Å². The molecule has 0 aromatic carbocycles. The van der Waals surface area contributed by atoms with Crippen LogP contribution in [-0.4, -0.2) is 26.2 Å². The van der Waals surface area contributed by atoms with Gasteiger partial charge in [0.25, 0.3) is 0 Å². The third kappa shape index (κ3) is 3.09. The average molecular weight is 174 g/mol. The van der Waals surface area contributed by atoms with Crippen LogP contribution < -0.4 is 0 Å². The molecule has 1 saturated carbocycles.